The number of nitrogens with one attached hydrogen (secondary N) is 1. The summed E-state index contributed by atoms with van der Waals surface area (Å²) in [4.78, 5) is 7.55. The van der Waals surface area contributed by atoms with Crippen LogP contribution in [0.1, 0.15) is 42.8 Å². The number of rotatable bonds is 6. The maximum atomic E-state index is 13.0. The summed E-state index contributed by atoms with van der Waals surface area (Å²) < 4.78 is 51.6. The second-order valence-corrected chi connectivity index (χ2v) is 7.28. The van der Waals surface area contributed by atoms with Crippen molar-refractivity contribution in [1.29, 1.82) is 0 Å². The molecule has 0 unspecified atom stereocenters. The summed E-state index contributed by atoms with van der Waals surface area (Å²) in [5.41, 5.74) is 1.39. The summed E-state index contributed by atoms with van der Waals surface area (Å²) in [6.07, 6.45) is -0.178. The molecule has 1 aliphatic carbocycles. The van der Waals surface area contributed by atoms with Crippen molar-refractivity contribution in [3.8, 4) is 11.5 Å². The minimum Gasteiger partial charge on any atom is -0.497 e. The Balaban J connectivity index is 1.61. The summed E-state index contributed by atoms with van der Waals surface area (Å²) in [6.45, 7) is 2.01. The molecule has 0 aliphatic heterocycles. The van der Waals surface area contributed by atoms with Crippen molar-refractivity contribution >= 4 is 11.6 Å². The smallest absolute Gasteiger partial charge is 0.453 e. The number of benzene rings is 1. The number of methoxy groups -OCH3 is 1. The van der Waals surface area contributed by atoms with Gasteiger partial charge < -0.3 is 14.8 Å². The number of hydrogen-bond acceptors (Lipinski definition) is 6. The summed E-state index contributed by atoms with van der Waals surface area (Å²) in [5, 5.41) is 6.72. The maximum Gasteiger partial charge on any atom is 0.453 e. The Labute approximate surface area is 171 Å². The van der Waals surface area contributed by atoms with Crippen LogP contribution in [0.25, 0.3) is 5.78 Å². The van der Waals surface area contributed by atoms with E-state index in [1.165, 1.54) is 0 Å². The first kappa shape index (κ1) is 20.2. The molecule has 30 heavy (non-hydrogen) atoms. The number of aromatic nitrogens is 4. The molecule has 1 aromatic carbocycles. The van der Waals surface area contributed by atoms with Gasteiger partial charge in [-0.1, -0.05) is 0 Å². The first-order valence-electron chi connectivity index (χ1n) is 9.72. The van der Waals surface area contributed by atoms with E-state index in [9.17, 15) is 13.2 Å². The molecular formula is C20H22F3N5O2. The molecule has 3 aromatic rings. The Kier molecular flexibility index (Phi) is 5.40. The van der Waals surface area contributed by atoms with E-state index in [2.05, 4.69) is 20.4 Å². The molecule has 0 amide bonds. The van der Waals surface area contributed by atoms with Gasteiger partial charge in [0.2, 0.25) is 0 Å². The van der Waals surface area contributed by atoms with Crippen molar-refractivity contribution in [3.63, 3.8) is 0 Å². The number of nitrogens with zero attached hydrogens (tertiary/aromatic N) is 4. The van der Waals surface area contributed by atoms with Crippen LogP contribution in [0.2, 0.25) is 0 Å². The quantitative estimate of drug-likeness (QED) is 0.636. The summed E-state index contributed by atoms with van der Waals surface area (Å²) in [5.74, 6) is 0.411. The van der Waals surface area contributed by atoms with Crippen molar-refractivity contribution in [2.24, 2.45) is 0 Å². The van der Waals surface area contributed by atoms with Gasteiger partial charge in [0.15, 0.2) is 0 Å². The number of ether oxygens (including phenoxy) is 2. The third kappa shape index (κ3) is 4.27. The topological polar surface area (TPSA) is 73.6 Å². The molecule has 2 aromatic heterocycles. The molecule has 4 rings (SSSR count). The average Bonchev–Trinajstić information content (AvgIpc) is 3.36. The van der Waals surface area contributed by atoms with E-state index in [1.807, 2.05) is 18.2 Å². The number of aryl methyl sites for hydroxylation is 1. The molecule has 2 heterocycles. The Morgan fingerprint density at radius 1 is 1.17 bits per heavy atom. The molecule has 0 atom stereocenters. The predicted molar refractivity (Wildman–Crippen MR) is 104 cm³/mol. The monoisotopic (exact) mass is 421 g/mol. The molecule has 1 aliphatic rings. The lowest BCUT2D eigenvalue weighted by atomic mass is 10.1. The summed E-state index contributed by atoms with van der Waals surface area (Å²) >= 11 is 0. The molecule has 1 N–H and O–H groups in total. The highest BCUT2D eigenvalue weighted by Gasteiger charge is 2.36. The molecular weight excluding hydrogens is 399 g/mol. The molecule has 7 nitrogen and oxygen atoms in total. The van der Waals surface area contributed by atoms with Crippen LogP contribution in [0.5, 0.6) is 11.5 Å². The van der Waals surface area contributed by atoms with Crippen molar-refractivity contribution in [2.75, 3.05) is 12.4 Å². The maximum absolute atomic E-state index is 13.0. The van der Waals surface area contributed by atoms with Crippen LogP contribution in [-0.2, 0) is 12.7 Å². The van der Waals surface area contributed by atoms with E-state index < -0.39 is 12.0 Å². The molecule has 0 spiro atoms. The van der Waals surface area contributed by atoms with Crippen LogP contribution in [0.4, 0.5) is 19.0 Å². The zero-order chi connectivity index (χ0) is 21.3. The van der Waals surface area contributed by atoms with E-state index in [4.69, 9.17) is 9.47 Å². The van der Waals surface area contributed by atoms with E-state index >= 15 is 0 Å². The van der Waals surface area contributed by atoms with Crippen LogP contribution in [0, 0.1) is 6.92 Å². The highest BCUT2D eigenvalue weighted by Crippen LogP contribution is 2.31. The van der Waals surface area contributed by atoms with E-state index in [0.717, 1.165) is 35.8 Å². The highest BCUT2D eigenvalue weighted by molar-refractivity contribution is 5.48. The van der Waals surface area contributed by atoms with E-state index in [0.29, 0.717) is 29.6 Å². The van der Waals surface area contributed by atoms with Crippen LogP contribution in [0.15, 0.2) is 24.3 Å². The largest absolute Gasteiger partial charge is 0.497 e. The van der Waals surface area contributed by atoms with Crippen molar-refractivity contribution in [1.82, 2.24) is 19.6 Å². The number of hydrogen-bond donors (Lipinski definition) is 1. The Bertz CT molecular complexity index is 1040. The number of anilines is 1. The van der Waals surface area contributed by atoms with Gasteiger partial charge in [0.1, 0.15) is 17.3 Å². The molecule has 1 fully saturated rings. The van der Waals surface area contributed by atoms with Gasteiger partial charge in [0, 0.05) is 29.9 Å². The molecule has 10 heteroatoms. The first-order chi connectivity index (χ1) is 14.3. The van der Waals surface area contributed by atoms with Gasteiger partial charge in [-0.15, -0.1) is 5.10 Å². The third-order valence-corrected chi connectivity index (χ3v) is 5.02. The molecule has 0 bridgehead atoms. The zero-order valence-electron chi connectivity index (χ0n) is 16.7. The van der Waals surface area contributed by atoms with Gasteiger partial charge in [-0.2, -0.15) is 22.7 Å². The lowest BCUT2D eigenvalue weighted by Gasteiger charge is -2.18. The fourth-order valence-electron chi connectivity index (χ4n) is 3.52. The van der Waals surface area contributed by atoms with Gasteiger partial charge in [0.25, 0.3) is 11.6 Å². The molecule has 1 saturated carbocycles. The molecule has 0 radical (unpaired) electrons. The van der Waals surface area contributed by atoms with Gasteiger partial charge >= 0.3 is 6.18 Å². The fourth-order valence-corrected chi connectivity index (χ4v) is 3.52. The number of halogens is 3. The van der Waals surface area contributed by atoms with Gasteiger partial charge in [-0.05, 0) is 44.7 Å². The number of alkyl halides is 3. The van der Waals surface area contributed by atoms with Crippen molar-refractivity contribution in [3.05, 3.63) is 41.3 Å². The SMILES string of the molecule is COc1ccc(CNc2cc(C)nc3nc(C(F)(F)F)nn23)c(OC2CCCC2)c1. The minimum atomic E-state index is -4.64. The first-order valence-corrected chi connectivity index (χ1v) is 9.72. The Morgan fingerprint density at radius 3 is 2.63 bits per heavy atom. The van der Waals surface area contributed by atoms with E-state index in [-0.39, 0.29) is 11.9 Å². The summed E-state index contributed by atoms with van der Waals surface area (Å²) in [7, 11) is 1.59. The lowest BCUT2D eigenvalue weighted by Crippen LogP contribution is -2.14. The van der Waals surface area contributed by atoms with Crippen LogP contribution < -0.4 is 14.8 Å². The minimum absolute atomic E-state index is 0.109. The molecule has 160 valence electrons. The predicted octanol–water partition coefficient (Wildman–Crippen LogP) is 4.39. The highest BCUT2D eigenvalue weighted by atomic mass is 19.4. The van der Waals surface area contributed by atoms with E-state index in [1.54, 1.807) is 20.1 Å². The fraction of sp³-hybridized carbons (Fsp3) is 0.450. The van der Waals surface area contributed by atoms with Crippen molar-refractivity contribution in [2.45, 2.75) is 51.4 Å². The van der Waals surface area contributed by atoms with Crippen LogP contribution in [0.3, 0.4) is 0 Å². The third-order valence-electron chi connectivity index (χ3n) is 5.02. The normalized spacial score (nSPS) is 15.0. The second kappa shape index (κ2) is 8.00. The van der Waals surface area contributed by atoms with Crippen molar-refractivity contribution < 1.29 is 22.6 Å². The standard InChI is InChI=1S/C20H22F3N5O2/c1-12-9-17(28-19(25-12)26-18(27-28)20(21,22)23)24-11-13-7-8-15(29-2)10-16(13)30-14-5-3-4-6-14/h7-10,14,24H,3-6,11H2,1-2H3. The molecule has 0 saturated heterocycles. The van der Waals surface area contributed by atoms with Gasteiger partial charge in [-0.3, -0.25) is 0 Å². The van der Waals surface area contributed by atoms with Crippen LogP contribution in [-0.4, -0.2) is 32.8 Å². The van der Waals surface area contributed by atoms with Gasteiger partial charge in [0.05, 0.1) is 13.2 Å². The average molecular weight is 421 g/mol. The van der Waals surface area contributed by atoms with Gasteiger partial charge in [-0.25, -0.2) is 4.98 Å². The van der Waals surface area contributed by atoms with Crippen LogP contribution >= 0.6 is 0 Å². The summed E-state index contributed by atoms with van der Waals surface area (Å²) in [6, 6.07) is 7.16. The zero-order valence-corrected chi connectivity index (χ0v) is 16.7. The number of fused-ring (bicyclic) bond motifs is 1. The Morgan fingerprint density at radius 2 is 1.93 bits per heavy atom. The second-order valence-electron chi connectivity index (χ2n) is 7.28. The lowest BCUT2D eigenvalue weighted by molar-refractivity contribution is -0.144. The Hall–Kier alpha value is -3.04.